The highest BCUT2D eigenvalue weighted by atomic mass is 32.1. The Morgan fingerprint density at radius 3 is 2.40 bits per heavy atom. The van der Waals surface area contributed by atoms with Gasteiger partial charge in [-0.15, -0.1) is 11.3 Å². The summed E-state index contributed by atoms with van der Waals surface area (Å²) in [5.41, 5.74) is 5.70. The van der Waals surface area contributed by atoms with E-state index in [4.69, 9.17) is 5.84 Å². The lowest BCUT2D eigenvalue weighted by molar-refractivity contribution is 0.344. The van der Waals surface area contributed by atoms with Crippen LogP contribution in [0, 0.1) is 12.8 Å². The van der Waals surface area contributed by atoms with Gasteiger partial charge in [-0.05, 0) is 35.4 Å². The zero-order chi connectivity index (χ0) is 14.5. The Balaban J connectivity index is 2.39. The number of nitrogens with two attached hydrogens (primary N) is 1. The second-order valence-electron chi connectivity index (χ2n) is 5.46. The second kappa shape index (κ2) is 7.02. The largest absolute Gasteiger partial charge is 0.271 e. The maximum atomic E-state index is 5.90. The van der Waals surface area contributed by atoms with Crippen LogP contribution in [0.2, 0.25) is 0 Å². The van der Waals surface area contributed by atoms with E-state index in [1.807, 2.05) is 0 Å². The van der Waals surface area contributed by atoms with Crippen molar-refractivity contribution in [2.75, 3.05) is 0 Å². The third kappa shape index (κ3) is 3.29. The quantitative estimate of drug-likeness (QED) is 0.611. The summed E-state index contributed by atoms with van der Waals surface area (Å²) in [6.07, 6.45) is 1.14. The van der Waals surface area contributed by atoms with E-state index in [0.29, 0.717) is 11.8 Å². The topological polar surface area (TPSA) is 38.0 Å². The van der Waals surface area contributed by atoms with Gasteiger partial charge in [0.05, 0.1) is 6.04 Å². The molecule has 0 radical (unpaired) electrons. The van der Waals surface area contributed by atoms with Gasteiger partial charge in [0, 0.05) is 10.8 Å². The average Bonchev–Trinajstić information content (AvgIpc) is 2.91. The molecule has 1 heterocycles. The number of thiophene rings is 1. The minimum Gasteiger partial charge on any atom is -0.271 e. The fraction of sp³-hybridized carbons (Fsp3) is 0.412. The van der Waals surface area contributed by atoms with Crippen LogP contribution in [0.1, 0.15) is 48.2 Å². The number of aryl methyl sites for hydroxylation is 1. The van der Waals surface area contributed by atoms with Crippen LogP contribution < -0.4 is 11.3 Å². The molecule has 2 rings (SSSR count). The lowest BCUT2D eigenvalue weighted by Gasteiger charge is -2.31. The summed E-state index contributed by atoms with van der Waals surface area (Å²) in [5, 5.41) is 2.22. The van der Waals surface area contributed by atoms with Crippen molar-refractivity contribution in [1.82, 2.24) is 5.43 Å². The summed E-state index contributed by atoms with van der Waals surface area (Å²) in [6, 6.07) is 13.1. The molecule has 2 nitrogen and oxygen atoms in total. The molecule has 20 heavy (non-hydrogen) atoms. The first-order chi connectivity index (χ1) is 9.67. The molecule has 0 saturated heterocycles. The first kappa shape index (κ1) is 15.2. The van der Waals surface area contributed by atoms with Crippen LogP contribution in [-0.4, -0.2) is 0 Å². The molecule has 3 heteroatoms. The fourth-order valence-electron chi connectivity index (χ4n) is 2.81. The maximum Gasteiger partial charge on any atom is 0.0539 e. The minimum atomic E-state index is 0.164. The lowest BCUT2D eigenvalue weighted by atomic mass is 9.78. The van der Waals surface area contributed by atoms with Crippen LogP contribution in [0.25, 0.3) is 0 Å². The third-order valence-electron chi connectivity index (χ3n) is 4.09. The Labute approximate surface area is 126 Å². The van der Waals surface area contributed by atoms with E-state index in [1.165, 1.54) is 16.0 Å². The summed E-state index contributed by atoms with van der Waals surface area (Å²) in [5.74, 6) is 6.86. The highest BCUT2D eigenvalue weighted by Crippen LogP contribution is 2.39. The molecular weight excluding hydrogens is 264 g/mol. The number of benzene rings is 1. The highest BCUT2D eigenvalue weighted by Gasteiger charge is 2.28. The van der Waals surface area contributed by atoms with E-state index < -0.39 is 0 Å². The van der Waals surface area contributed by atoms with Crippen LogP contribution in [0.4, 0.5) is 0 Å². The smallest absolute Gasteiger partial charge is 0.0539 e. The highest BCUT2D eigenvalue weighted by molar-refractivity contribution is 7.10. The number of nitrogens with one attached hydrogen (secondary N) is 1. The average molecular weight is 288 g/mol. The van der Waals surface area contributed by atoms with Gasteiger partial charge in [0.2, 0.25) is 0 Å². The van der Waals surface area contributed by atoms with E-state index in [1.54, 1.807) is 11.3 Å². The van der Waals surface area contributed by atoms with Gasteiger partial charge < -0.3 is 0 Å². The van der Waals surface area contributed by atoms with Gasteiger partial charge in [0.25, 0.3) is 0 Å². The molecule has 0 saturated carbocycles. The third-order valence-corrected chi connectivity index (χ3v) is 4.97. The monoisotopic (exact) mass is 288 g/mol. The van der Waals surface area contributed by atoms with Crippen molar-refractivity contribution in [3.63, 3.8) is 0 Å². The molecule has 2 aromatic rings. The maximum absolute atomic E-state index is 5.90. The molecule has 0 aliphatic carbocycles. The normalized spacial score (nSPS) is 15.8. The first-order valence-corrected chi connectivity index (χ1v) is 8.11. The van der Waals surface area contributed by atoms with E-state index in [9.17, 15) is 0 Å². The van der Waals surface area contributed by atoms with Crippen LogP contribution in [0.5, 0.6) is 0 Å². The van der Waals surface area contributed by atoms with Gasteiger partial charge in [-0.1, -0.05) is 50.6 Å². The molecule has 0 fully saturated rings. The summed E-state index contributed by atoms with van der Waals surface area (Å²) < 4.78 is 0. The van der Waals surface area contributed by atoms with Crippen molar-refractivity contribution in [2.45, 2.75) is 39.2 Å². The van der Waals surface area contributed by atoms with Gasteiger partial charge in [-0.3, -0.25) is 11.3 Å². The Kier molecular flexibility index (Phi) is 5.35. The molecule has 3 unspecified atom stereocenters. The minimum absolute atomic E-state index is 0.164. The Morgan fingerprint density at radius 2 is 1.90 bits per heavy atom. The number of hydrogen-bond donors (Lipinski definition) is 2. The molecule has 1 aromatic heterocycles. The van der Waals surface area contributed by atoms with E-state index in [0.717, 1.165) is 6.42 Å². The van der Waals surface area contributed by atoms with Crippen LogP contribution in [-0.2, 0) is 0 Å². The predicted octanol–water partition coefficient (Wildman–Crippen LogP) is 4.39. The summed E-state index contributed by atoms with van der Waals surface area (Å²) >= 11 is 1.78. The summed E-state index contributed by atoms with van der Waals surface area (Å²) in [4.78, 5) is 1.33. The van der Waals surface area contributed by atoms with Crippen LogP contribution in [0.3, 0.4) is 0 Å². The lowest BCUT2D eigenvalue weighted by Crippen LogP contribution is -2.34. The molecule has 0 aliphatic heterocycles. The van der Waals surface area contributed by atoms with Gasteiger partial charge in [0.1, 0.15) is 0 Å². The Morgan fingerprint density at radius 1 is 1.20 bits per heavy atom. The van der Waals surface area contributed by atoms with Gasteiger partial charge in [0.15, 0.2) is 0 Å². The fourth-order valence-corrected chi connectivity index (χ4v) is 3.55. The van der Waals surface area contributed by atoms with Gasteiger partial charge in [-0.2, -0.15) is 0 Å². The zero-order valence-electron chi connectivity index (χ0n) is 12.5. The summed E-state index contributed by atoms with van der Waals surface area (Å²) in [7, 11) is 0. The van der Waals surface area contributed by atoms with Crippen molar-refractivity contribution in [2.24, 2.45) is 11.8 Å². The first-order valence-electron chi connectivity index (χ1n) is 7.23. The summed E-state index contributed by atoms with van der Waals surface area (Å²) in [6.45, 7) is 6.69. The van der Waals surface area contributed by atoms with Crippen LogP contribution in [0.15, 0.2) is 41.8 Å². The zero-order valence-corrected chi connectivity index (χ0v) is 13.3. The molecule has 0 spiro atoms. The SMILES string of the molecule is CCC(C)C(c1ccccc1)C(NN)c1csc(C)c1. The van der Waals surface area contributed by atoms with Crippen LogP contribution >= 0.6 is 11.3 Å². The standard InChI is InChI=1S/C17H24N2S/c1-4-12(2)16(14-8-6-5-7-9-14)17(19-18)15-10-13(3)20-11-15/h5-12,16-17,19H,4,18H2,1-3H3. The Hall–Kier alpha value is -1.16. The molecule has 0 amide bonds. The van der Waals surface area contributed by atoms with Crippen molar-refractivity contribution in [3.8, 4) is 0 Å². The number of hydrazine groups is 1. The molecule has 1 aromatic carbocycles. The van der Waals surface area contributed by atoms with Crippen molar-refractivity contribution in [1.29, 1.82) is 0 Å². The second-order valence-corrected chi connectivity index (χ2v) is 6.57. The van der Waals surface area contributed by atoms with Gasteiger partial charge in [-0.25, -0.2) is 0 Å². The molecular formula is C17H24N2S. The Bertz CT molecular complexity index is 521. The molecule has 108 valence electrons. The molecule has 0 aliphatic rings. The number of hydrogen-bond acceptors (Lipinski definition) is 3. The van der Waals surface area contributed by atoms with Crippen molar-refractivity contribution < 1.29 is 0 Å². The van der Waals surface area contributed by atoms with E-state index in [-0.39, 0.29) is 6.04 Å². The molecule has 3 N–H and O–H groups in total. The predicted molar refractivity (Wildman–Crippen MR) is 87.8 cm³/mol. The van der Waals surface area contributed by atoms with Gasteiger partial charge >= 0.3 is 0 Å². The van der Waals surface area contributed by atoms with Crippen molar-refractivity contribution in [3.05, 3.63) is 57.8 Å². The number of rotatable bonds is 6. The van der Waals surface area contributed by atoms with E-state index in [2.05, 4.69) is 68.0 Å². The van der Waals surface area contributed by atoms with E-state index >= 15 is 0 Å². The van der Waals surface area contributed by atoms with Crippen molar-refractivity contribution >= 4 is 11.3 Å². The molecule has 3 atom stereocenters. The molecule has 0 bridgehead atoms.